The summed E-state index contributed by atoms with van der Waals surface area (Å²) in [4.78, 5) is 12.5. The highest BCUT2D eigenvalue weighted by atomic mass is 16.3. The maximum atomic E-state index is 12.5. The van der Waals surface area contributed by atoms with Crippen LogP contribution in [0.2, 0.25) is 0 Å². The van der Waals surface area contributed by atoms with E-state index < -0.39 is 36.9 Å². The van der Waals surface area contributed by atoms with Crippen LogP contribution in [0.4, 0.5) is 0 Å². The van der Waals surface area contributed by atoms with Gasteiger partial charge in [0.2, 0.25) is 5.91 Å². The van der Waals surface area contributed by atoms with E-state index in [1.165, 1.54) is 148 Å². The molecular formula is C52H97NO5. The van der Waals surface area contributed by atoms with E-state index in [0.29, 0.717) is 19.3 Å². The molecule has 0 saturated carbocycles. The maximum absolute atomic E-state index is 12.5. The monoisotopic (exact) mass is 816 g/mol. The van der Waals surface area contributed by atoms with Crippen LogP contribution >= 0.6 is 0 Å². The maximum Gasteiger partial charge on any atom is 0.249 e. The van der Waals surface area contributed by atoms with Crippen LogP contribution in [0.1, 0.15) is 245 Å². The Morgan fingerprint density at radius 3 is 1.09 bits per heavy atom. The van der Waals surface area contributed by atoms with Gasteiger partial charge in [0, 0.05) is 0 Å². The summed E-state index contributed by atoms with van der Waals surface area (Å²) in [5.74, 6) is -0.604. The summed E-state index contributed by atoms with van der Waals surface area (Å²) in [5, 5.41) is 43.8. The topological polar surface area (TPSA) is 110 Å². The standard InChI is InChI=1S/C52H97NO5/c1-3-5-7-9-11-13-15-17-19-21-23-24-25-26-28-29-31-33-35-37-39-41-43-45-49(55)51(57)48(47-54)53-52(58)50(56)46-44-42-40-38-36-34-32-30-27-22-20-18-16-14-12-10-8-6-4-2/h24-25,27,29-31,37,39,48-51,54-57H,3-23,26,28,32-36,38,40-47H2,1-2H3,(H,53,58)/b25-24+,30-27-,31-29+,39-37+. The smallest absolute Gasteiger partial charge is 0.249 e. The largest absolute Gasteiger partial charge is 0.394 e. The fourth-order valence-electron chi connectivity index (χ4n) is 7.49. The molecular weight excluding hydrogens is 719 g/mol. The van der Waals surface area contributed by atoms with Gasteiger partial charge in [0.15, 0.2) is 0 Å². The fourth-order valence-corrected chi connectivity index (χ4v) is 7.49. The van der Waals surface area contributed by atoms with E-state index in [0.717, 1.165) is 64.2 Å². The molecule has 0 bridgehead atoms. The van der Waals surface area contributed by atoms with E-state index in [1.54, 1.807) is 0 Å². The number of allylic oxidation sites excluding steroid dienone is 8. The molecule has 6 heteroatoms. The van der Waals surface area contributed by atoms with E-state index in [-0.39, 0.29) is 0 Å². The van der Waals surface area contributed by atoms with Crippen molar-refractivity contribution in [2.24, 2.45) is 0 Å². The summed E-state index contributed by atoms with van der Waals surface area (Å²) in [6, 6.07) is -1.02. The molecule has 5 N–H and O–H groups in total. The van der Waals surface area contributed by atoms with Crippen molar-refractivity contribution in [3.05, 3.63) is 48.6 Å². The van der Waals surface area contributed by atoms with Crippen molar-refractivity contribution >= 4 is 5.91 Å². The molecule has 0 saturated heterocycles. The summed E-state index contributed by atoms with van der Waals surface area (Å²) < 4.78 is 0. The van der Waals surface area contributed by atoms with Crippen LogP contribution in [0.3, 0.4) is 0 Å². The van der Waals surface area contributed by atoms with E-state index >= 15 is 0 Å². The molecule has 0 aromatic heterocycles. The van der Waals surface area contributed by atoms with E-state index in [4.69, 9.17) is 0 Å². The molecule has 0 spiro atoms. The van der Waals surface area contributed by atoms with Crippen LogP contribution in [0.5, 0.6) is 0 Å². The van der Waals surface area contributed by atoms with Crippen LogP contribution in [-0.4, -0.2) is 57.3 Å². The Balaban J connectivity index is 3.79. The molecule has 0 heterocycles. The van der Waals surface area contributed by atoms with Crippen molar-refractivity contribution in [1.29, 1.82) is 0 Å². The SMILES string of the molecule is CCCCCCCCCCC/C=C\CCCCCCCCC(O)C(=O)NC(CO)C(O)C(O)CCC/C=C/CC/C=C/CC/C=C/CCCCCCCCCCCC. The second kappa shape index (κ2) is 46.3. The molecule has 4 unspecified atom stereocenters. The Morgan fingerprint density at radius 1 is 0.414 bits per heavy atom. The van der Waals surface area contributed by atoms with Gasteiger partial charge >= 0.3 is 0 Å². The number of carbonyl (C=O) groups is 1. The Labute approximate surface area is 359 Å². The predicted octanol–water partition coefficient (Wildman–Crippen LogP) is 13.9. The second-order valence-corrected chi connectivity index (χ2v) is 17.1. The summed E-state index contributed by atoms with van der Waals surface area (Å²) in [7, 11) is 0. The zero-order valence-electron chi connectivity index (χ0n) is 38.3. The number of amides is 1. The van der Waals surface area contributed by atoms with Gasteiger partial charge in [-0.1, -0.05) is 204 Å². The molecule has 0 aliphatic carbocycles. The highest BCUT2D eigenvalue weighted by Gasteiger charge is 2.28. The first-order valence-electron chi connectivity index (χ1n) is 25.0. The highest BCUT2D eigenvalue weighted by molar-refractivity contribution is 5.80. The summed E-state index contributed by atoms with van der Waals surface area (Å²) in [6.45, 7) is 4.04. The molecule has 0 fully saturated rings. The van der Waals surface area contributed by atoms with Gasteiger partial charge in [-0.2, -0.15) is 0 Å². The van der Waals surface area contributed by atoms with E-state index in [9.17, 15) is 25.2 Å². The van der Waals surface area contributed by atoms with Gasteiger partial charge < -0.3 is 25.7 Å². The summed E-state index contributed by atoms with van der Waals surface area (Å²) in [6.07, 6.45) is 57.2. The number of aliphatic hydroxyl groups excluding tert-OH is 4. The lowest BCUT2D eigenvalue weighted by Gasteiger charge is -2.27. The van der Waals surface area contributed by atoms with Crippen LogP contribution in [0.25, 0.3) is 0 Å². The Hall–Kier alpha value is -1.73. The first kappa shape index (κ1) is 56.3. The summed E-state index contributed by atoms with van der Waals surface area (Å²) in [5.41, 5.74) is 0. The number of hydrogen-bond donors (Lipinski definition) is 5. The predicted molar refractivity (Wildman–Crippen MR) is 251 cm³/mol. The third-order valence-electron chi connectivity index (χ3n) is 11.5. The fraction of sp³-hybridized carbons (Fsp3) is 0.827. The highest BCUT2D eigenvalue weighted by Crippen LogP contribution is 2.15. The van der Waals surface area contributed by atoms with E-state index in [1.807, 2.05) is 0 Å². The molecule has 0 aromatic rings. The average Bonchev–Trinajstić information content (AvgIpc) is 3.23. The molecule has 0 radical (unpaired) electrons. The molecule has 6 nitrogen and oxygen atoms in total. The van der Waals surface area contributed by atoms with Gasteiger partial charge in [-0.05, 0) is 89.9 Å². The number of rotatable bonds is 45. The van der Waals surface area contributed by atoms with Gasteiger partial charge in [-0.3, -0.25) is 4.79 Å². The molecule has 340 valence electrons. The van der Waals surface area contributed by atoms with Crippen LogP contribution in [-0.2, 0) is 4.79 Å². The molecule has 0 aliphatic heterocycles. The molecule has 1 amide bonds. The van der Waals surface area contributed by atoms with Gasteiger partial charge in [0.25, 0.3) is 0 Å². The average molecular weight is 816 g/mol. The Kier molecular flexibility index (Phi) is 45.0. The quantitative estimate of drug-likeness (QED) is 0.0311. The minimum absolute atomic E-state index is 0.350. The lowest BCUT2D eigenvalue weighted by atomic mass is 10.00. The Morgan fingerprint density at radius 2 is 0.724 bits per heavy atom. The number of aliphatic hydroxyl groups is 4. The number of unbranched alkanes of at least 4 members (excludes halogenated alkanes) is 28. The van der Waals surface area contributed by atoms with Crippen molar-refractivity contribution in [3.63, 3.8) is 0 Å². The lowest BCUT2D eigenvalue weighted by Crippen LogP contribution is -2.53. The van der Waals surface area contributed by atoms with Gasteiger partial charge in [-0.25, -0.2) is 0 Å². The van der Waals surface area contributed by atoms with Crippen LogP contribution in [0, 0.1) is 0 Å². The van der Waals surface area contributed by atoms with Crippen molar-refractivity contribution in [2.75, 3.05) is 6.61 Å². The Bertz CT molecular complexity index is 961. The van der Waals surface area contributed by atoms with Crippen molar-refractivity contribution in [2.45, 2.75) is 269 Å². The zero-order valence-corrected chi connectivity index (χ0v) is 38.3. The zero-order chi connectivity index (χ0) is 42.4. The number of carbonyl (C=O) groups excluding carboxylic acids is 1. The minimum Gasteiger partial charge on any atom is -0.394 e. The molecule has 4 atom stereocenters. The van der Waals surface area contributed by atoms with Crippen molar-refractivity contribution in [1.82, 2.24) is 5.32 Å². The molecule has 0 aromatic carbocycles. The molecule has 0 aliphatic rings. The number of nitrogens with one attached hydrogen (secondary N) is 1. The van der Waals surface area contributed by atoms with Crippen molar-refractivity contribution < 1.29 is 25.2 Å². The van der Waals surface area contributed by atoms with Gasteiger partial charge in [0.1, 0.15) is 12.2 Å². The summed E-state index contributed by atoms with van der Waals surface area (Å²) >= 11 is 0. The van der Waals surface area contributed by atoms with Gasteiger partial charge in [-0.15, -0.1) is 0 Å². The first-order chi connectivity index (χ1) is 28.5. The third kappa shape index (κ3) is 39.7. The van der Waals surface area contributed by atoms with Crippen LogP contribution in [0.15, 0.2) is 48.6 Å². The van der Waals surface area contributed by atoms with Crippen LogP contribution < -0.4 is 5.32 Å². The minimum atomic E-state index is -1.30. The normalized spacial score (nSPS) is 14.4. The molecule has 58 heavy (non-hydrogen) atoms. The van der Waals surface area contributed by atoms with Crippen molar-refractivity contribution in [3.8, 4) is 0 Å². The van der Waals surface area contributed by atoms with E-state index in [2.05, 4.69) is 67.8 Å². The third-order valence-corrected chi connectivity index (χ3v) is 11.5. The second-order valence-electron chi connectivity index (χ2n) is 17.1. The van der Waals surface area contributed by atoms with Gasteiger partial charge in [0.05, 0.1) is 18.8 Å². The lowest BCUT2D eigenvalue weighted by molar-refractivity contribution is -0.132. The first-order valence-corrected chi connectivity index (χ1v) is 25.0. The molecule has 0 rings (SSSR count). The number of hydrogen-bond acceptors (Lipinski definition) is 5.